The van der Waals surface area contributed by atoms with Crippen molar-refractivity contribution in [3.05, 3.63) is 17.0 Å². The van der Waals surface area contributed by atoms with E-state index in [9.17, 15) is 8.42 Å². The SMILES string of the molecule is CNCc1csc(S(=O)(=O)N(C)CCSC)c1. The summed E-state index contributed by atoms with van der Waals surface area (Å²) in [5.74, 6) is 0.810. The molecule has 17 heavy (non-hydrogen) atoms. The maximum atomic E-state index is 12.2. The van der Waals surface area contributed by atoms with Gasteiger partial charge in [-0.3, -0.25) is 0 Å². The predicted octanol–water partition coefficient (Wildman–Crippen LogP) is 1.45. The van der Waals surface area contributed by atoms with Gasteiger partial charge in [0.1, 0.15) is 4.21 Å². The predicted molar refractivity (Wildman–Crippen MR) is 75.3 cm³/mol. The van der Waals surface area contributed by atoms with E-state index in [4.69, 9.17) is 0 Å². The highest BCUT2D eigenvalue weighted by Gasteiger charge is 2.22. The molecule has 1 rings (SSSR count). The Bertz CT molecular complexity index is 442. The Morgan fingerprint density at radius 2 is 2.24 bits per heavy atom. The molecule has 0 radical (unpaired) electrons. The normalized spacial score (nSPS) is 12.2. The molecule has 4 nitrogen and oxygen atoms in total. The molecule has 0 spiro atoms. The summed E-state index contributed by atoms with van der Waals surface area (Å²) in [6, 6.07) is 1.74. The van der Waals surface area contributed by atoms with Crippen LogP contribution in [0.15, 0.2) is 15.7 Å². The third-order valence-corrected chi connectivity index (χ3v) is 6.20. The summed E-state index contributed by atoms with van der Waals surface area (Å²) >= 11 is 2.92. The van der Waals surface area contributed by atoms with Gasteiger partial charge >= 0.3 is 0 Å². The average molecular weight is 294 g/mol. The molecule has 0 unspecified atom stereocenters. The third-order valence-electron chi connectivity index (χ3n) is 2.29. The van der Waals surface area contributed by atoms with Gasteiger partial charge in [-0.15, -0.1) is 11.3 Å². The second kappa shape index (κ2) is 6.75. The lowest BCUT2D eigenvalue weighted by Gasteiger charge is -2.14. The van der Waals surface area contributed by atoms with E-state index in [0.717, 1.165) is 11.3 Å². The zero-order chi connectivity index (χ0) is 12.9. The van der Waals surface area contributed by atoms with Crippen LogP contribution in [-0.2, 0) is 16.6 Å². The molecular weight excluding hydrogens is 276 g/mol. The lowest BCUT2D eigenvalue weighted by atomic mass is 10.3. The van der Waals surface area contributed by atoms with Gasteiger partial charge in [-0.05, 0) is 30.3 Å². The molecule has 0 fully saturated rings. The van der Waals surface area contributed by atoms with Crippen molar-refractivity contribution in [3.63, 3.8) is 0 Å². The Labute approximate surface area is 111 Å². The molecule has 0 aliphatic carbocycles. The molecule has 1 heterocycles. The van der Waals surface area contributed by atoms with Crippen LogP contribution in [0.4, 0.5) is 0 Å². The Kier molecular flexibility index (Phi) is 5.94. The summed E-state index contributed by atoms with van der Waals surface area (Å²) in [5.41, 5.74) is 1.01. The van der Waals surface area contributed by atoms with Gasteiger partial charge in [-0.1, -0.05) is 0 Å². The van der Waals surface area contributed by atoms with E-state index in [1.807, 2.05) is 18.7 Å². The second-order valence-corrected chi connectivity index (χ2v) is 7.79. The van der Waals surface area contributed by atoms with Crippen molar-refractivity contribution >= 4 is 33.1 Å². The fourth-order valence-corrected chi connectivity index (χ4v) is 4.44. The number of sulfonamides is 1. The highest BCUT2D eigenvalue weighted by molar-refractivity contribution is 7.98. The van der Waals surface area contributed by atoms with Crippen LogP contribution >= 0.6 is 23.1 Å². The van der Waals surface area contributed by atoms with E-state index in [1.54, 1.807) is 24.9 Å². The van der Waals surface area contributed by atoms with Gasteiger partial charge in [0.2, 0.25) is 0 Å². The standard InChI is InChI=1S/C10H18N2O2S3/c1-11-7-9-6-10(16-8-9)17(13,14)12(2)4-5-15-3/h6,8,11H,4-5,7H2,1-3H3. The van der Waals surface area contributed by atoms with Crippen molar-refractivity contribution in [1.29, 1.82) is 0 Å². The van der Waals surface area contributed by atoms with Crippen LogP contribution in [0.3, 0.4) is 0 Å². The second-order valence-electron chi connectivity index (χ2n) is 3.62. The number of nitrogens with one attached hydrogen (secondary N) is 1. The van der Waals surface area contributed by atoms with Gasteiger partial charge in [0.05, 0.1) is 0 Å². The Balaban J connectivity index is 2.81. The first-order valence-corrected chi connectivity index (χ1v) is 8.91. The molecule has 7 heteroatoms. The first-order valence-electron chi connectivity index (χ1n) is 5.19. The molecule has 0 saturated heterocycles. The van der Waals surface area contributed by atoms with E-state index in [2.05, 4.69) is 5.32 Å². The van der Waals surface area contributed by atoms with Crippen LogP contribution in [0.5, 0.6) is 0 Å². The first kappa shape index (κ1) is 15.0. The Morgan fingerprint density at radius 3 is 2.82 bits per heavy atom. The van der Waals surface area contributed by atoms with Crippen molar-refractivity contribution in [1.82, 2.24) is 9.62 Å². The van der Waals surface area contributed by atoms with E-state index in [0.29, 0.717) is 17.3 Å². The zero-order valence-electron chi connectivity index (χ0n) is 10.3. The van der Waals surface area contributed by atoms with Gasteiger partial charge in [-0.25, -0.2) is 8.42 Å². The molecule has 0 aromatic carbocycles. The molecule has 0 saturated carbocycles. The zero-order valence-corrected chi connectivity index (χ0v) is 12.7. The van der Waals surface area contributed by atoms with Crippen LogP contribution in [0.1, 0.15) is 5.56 Å². The fourth-order valence-electron chi connectivity index (χ4n) is 1.28. The van der Waals surface area contributed by atoms with Crippen LogP contribution in [0, 0.1) is 0 Å². The lowest BCUT2D eigenvalue weighted by Crippen LogP contribution is -2.28. The topological polar surface area (TPSA) is 49.4 Å². The summed E-state index contributed by atoms with van der Waals surface area (Å²) in [6.45, 7) is 1.24. The molecule has 98 valence electrons. The number of rotatable bonds is 7. The van der Waals surface area contributed by atoms with Crippen molar-refractivity contribution < 1.29 is 8.42 Å². The van der Waals surface area contributed by atoms with Gasteiger partial charge in [0.25, 0.3) is 10.0 Å². The Hall–Kier alpha value is -0.0800. The van der Waals surface area contributed by atoms with Crippen LogP contribution < -0.4 is 5.32 Å². The van der Waals surface area contributed by atoms with E-state index in [-0.39, 0.29) is 0 Å². The average Bonchev–Trinajstić information content (AvgIpc) is 2.75. The number of thiophene rings is 1. The van der Waals surface area contributed by atoms with Crippen LogP contribution in [0.2, 0.25) is 0 Å². The largest absolute Gasteiger partial charge is 0.316 e. The smallest absolute Gasteiger partial charge is 0.252 e. The summed E-state index contributed by atoms with van der Waals surface area (Å²) in [6.07, 6.45) is 1.97. The summed E-state index contributed by atoms with van der Waals surface area (Å²) in [4.78, 5) is 0. The van der Waals surface area contributed by atoms with Gasteiger partial charge < -0.3 is 5.32 Å². The Morgan fingerprint density at radius 1 is 1.53 bits per heavy atom. The van der Waals surface area contributed by atoms with Gasteiger partial charge in [-0.2, -0.15) is 16.1 Å². The monoisotopic (exact) mass is 294 g/mol. The highest BCUT2D eigenvalue weighted by Crippen LogP contribution is 2.23. The van der Waals surface area contributed by atoms with Gasteiger partial charge in [0, 0.05) is 25.9 Å². The van der Waals surface area contributed by atoms with E-state index >= 15 is 0 Å². The lowest BCUT2D eigenvalue weighted by molar-refractivity contribution is 0.490. The van der Waals surface area contributed by atoms with Crippen molar-refractivity contribution in [2.75, 3.05) is 32.6 Å². The van der Waals surface area contributed by atoms with E-state index < -0.39 is 10.0 Å². The molecule has 1 aromatic rings. The summed E-state index contributed by atoms with van der Waals surface area (Å²) < 4.78 is 26.2. The maximum Gasteiger partial charge on any atom is 0.252 e. The third kappa shape index (κ3) is 3.96. The quantitative estimate of drug-likeness (QED) is 0.827. The minimum atomic E-state index is -3.30. The maximum absolute atomic E-state index is 12.2. The molecule has 1 aromatic heterocycles. The first-order chi connectivity index (χ1) is 8.02. The molecule has 0 aliphatic rings. The van der Waals surface area contributed by atoms with E-state index in [1.165, 1.54) is 15.6 Å². The summed E-state index contributed by atoms with van der Waals surface area (Å²) in [5, 5.41) is 4.89. The van der Waals surface area contributed by atoms with Gasteiger partial charge in [0.15, 0.2) is 0 Å². The molecular formula is C10H18N2O2S3. The fraction of sp³-hybridized carbons (Fsp3) is 0.600. The minimum absolute atomic E-state index is 0.423. The number of nitrogens with zero attached hydrogens (tertiary/aromatic N) is 1. The van der Waals surface area contributed by atoms with Crippen molar-refractivity contribution in [2.24, 2.45) is 0 Å². The number of hydrogen-bond acceptors (Lipinski definition) is 5. The highest BCUT2D eigenvalue weighted by atomic mass is 32.2. The molecule has 0 bridgehead atoms. The van der Waals surface area contributed by atoms with Crippen LogP contribution in [-0.4, -0.2) is 45.4 Å². The number of thioether (sulfide) groups is 1. The molecule has 0 amide bonds. The van der Waals surface area contributed by atoms with Crippen molar-refractivity contribution in [2.45, 2.75) is 10.8 Å². The number of hydrogen-bond donors (Lipinski definition) is 1. The molecule has 0 atom stereocenters. The van der Waals surface area contributed by atoms with Crippen molar-refractivity contribution in [3.8, 4) is 0 Å². The molecule has 0 aliphatic heterocycles. The van der Waals surface area contributed by atoms with Crippen LogP contribution in [0.25, 0.3) is 0 Å². The minimum Gasteiger partial charge on any atom is -0.316 e. The molecule has 1 N–H and O–H groups in total. The summed E-state index contributed by atoms with van der Waals surface area (Å²) in [7, 11) is 0.174.